The topological polar surface area (TPSA) is 64.0 Å². The Morgan fingerprint density at radius 2 is 1.93 bits per heavy atom. The van der Waals surface area contributed by atoms with Crippen LogP contribution in [0.5, 0.6) is 0 Å². The van der Waals surface area contributed by atoms with E-state index in [4.69, 9.17) is 0 Å². The second kappa shape index (κ2) is 7.19. The number of alkyl halides is 3. The number of carbonyl (C=O) groups is 1. The lowest BCUT2D eigenvalue weighted by Gasteiger charge is -2.21. The third-order valence-corrected chi connectivity index (χ3v) is 4.91. The Hall–Kier alpha value is -3.30. The molecule has 4 rings (SSSR count). The second-order valence-electron chi connectivity index (χ2n) is 7.04. The van der Waals surface area contributed by atoms with Crippen LogP contribution in [0.25, 0.3) is 16.7 Å². The van der Waals surface area contributed by atoms with Gasteiger partial charge in [0, 0.05) is 18.5 Å². The van der Waals surface area contributed by atoms with Gasteiger partial charge in [-0.15, -0.1) is 0 Å². The van der Waals surface area contributed by atoms with Crippen LogP contribution in [0.15, 0.2) is 47.5 Å². The molecular weight excluding hydrogens is 409 g/mol. The fourth-order valence-electron chi connectivity index (χ4n) is 3.30. The van der Waals surface area contributed by atoms with Gasteiger partial charge in [-0.3, -0.25) is 14.2 Å². The first-order valence-electron chi connectivity index (χ1n) is 9.00. The SMILES string of the molecule is O=C(NC(C1CC1)C(F)(F)F)c1cn(-c2ccc(F)cc2F)c2ncccc2c1=O. The molecule has 1 aliphatic carbocycles. The van der Waals surface area contributed by atoms with Gasteiger partial charge in [0.15, 0.2) is 0 Å². The van der Waals surface area contributed by atoms with Crippen LogP contribution in [-0.4, -0.2) is 27.7 Å². The summed E-state index contributed by atoms with van der Waals surface area (Å²) in [6.45, 7) is 0. The van der Waals surface area contributed by atoms with Gasteiger partial charge in [0.25, 0.3) is 5.91 Å². The summed E-state index contributed by atoms with van der Waals surface area (Å²) in [6.07, 6.45) is -1.79. The van der Waals surface area contributed by atoms with Crippen molar-refractivity contribution in [2.24, 2.45) is 5.92 Å². The largest absolute Gasteiger partial charge is 0.408 e. The summed E-state index contributed by atoms with van der Waals surface area (Å²) in [5.41, 5.74) is -1.69. The first-order chi connectivity index (χ1) is 14.2. The van der Waals surface area contributed by atoms with Gasteiger partial charge in [0.2, 0.25) is 5.43 Å². The van der Waals surface area contributed by atoms with Crippen molar-refractivity contribution in [2.45, 2.75) is 25.1 Å². The van der Waals surface area contributed by atoms with E-state index in [1.165, 1.54) is 18.3 Å². The number of aromatic nitrogens is 2. The predicted octanol–water partition coefficient (Wildman–Crippen LogP) is 3.73. The third-order valence-electron chi connectivity index (χ3n) is 4.91. The Kier molecular flexibility index (Phi) is 4.79. The molecule has 1 atom stereocenters. The molecule has 1 aromatic carbocycles. The molecule has 0 radical (unpaired) electrons. The molecule has 3 aromatic rings. The van der Waals surface area contributed by atoms with E-state index in [0.717, 1.165) is 22.9 Å². The number of nitrogens with one attached hydrogen (secondary N) is 1. The summed E-state index contributed by atoms with van der Waals surface area (Å²) >= 11 is 0. The zero-order chi connectivity index (χ0) is 21.6. The van der Waals surface area contributed by atoms with Crippen molar-refractivity contribution in [1.29, 1.82) is 0 Å². The molecule has 2 heterocycles. The number of nitrogens with zero attached hydrogens (tertiary/aromatic N) is 2. The summed E-state index contributed by atoms with van der Waals surface area (Å²) in [7, 11) is 0. The number of rotatable bonds is 4. The van der Waals surface area contributed by atoms with E-state index in [9.17, 15) is 31.5 Å². The summed E-state index contributed by atoms with van der Waals surface area (Å²) in [4.78, 5) is 29.4. The van der Waals surface area contributed by atoms with Crippen molar-refractivity contribution >= 4 is 16.9 Å². The third kappa shape index (κ3) is 3.64. The van der Waals surface area contributed by atoms with Crippen LogP contribution in [-0.2, 0) is 0 Å². The number of hydrogen-bond acceptors (Lipinski definition) is 3. The second-order valence-corrected chi connectivity index (χ2v) is 7.04. The fraction of sp³-hybridized carbons (Fsp3) is 0.250. The van der Waals surface area contributed by atoms with Crippen LogP contribution in [0, 0.1) is 17.6 Å². The molecule has 1 amide bonds. The van der Waals surface area contributed by atoms with Gasteiger partial charge < -0.3 is 5.32 Å². The smallest absolute Gasteiger partial charge is 0.340 e. The zero-order valence-corrected chi connectivity index (χ0v) is 15.2. The van der Waals surface area contributed by atoms with Crippen LogP contribution < -0.4 is 10.7 Å². The van der Waals surface area contributed by atoms with Crippen LogP contribution in [0.1, 0.15) is 23.2 Å². The average molecular weight is 423 g/mol. The maximum absolute atomic E-state index is 14.4. The van der Waals surface area contributed by atoms with Crippen molar-refractivity contribution in [3.63, 3.8) is 0 Å². The molecule has 30 heavy (non-hydrogen) atoms. The standard InChI is InChI=1S/C20H14F5N3O2/c21-11-5-6-15(14(22)8-11)28-9-13(16(29)12-2-1-7-26-18(12)28)19(30)27-17(10-3-4-10)20(23,24)25/h1-2,5-10,17H,3-4H2,(H,27,30). The summed E-state index contributed by atoms with van der Waals surface area (Å²) < 4.78 is 68.6. The molecule has 1 N–H and O–H groups in total. The van der Waals surface area contributed by atoms with Crippen molar-refractivity contribution in [1.82, 2.24) is 14.9 Å². The van der Waals surface area contributed by atoms with E-state index < -0.39 is 46.7 Å². The average Bonchev–Trinajstić information content (AvgIpc) is 3.51. The maximum Gasteiger partial charge on any atom is 0.408 e. The number of amides is 1. The van der Waals surface area contributed by atoms with Crippen molar-refractivity contribution < 1.29 is 26.7 Å². The Labute approximate surface area is 166 Å². The molecule has 5 nitrogen and oxygen atoms in total. The van der Waals surface area contributed by atoms with Crippen LogP contribution >= 0.6 is 0 Å². The number of fused-ring (bicyclic) bond motifs is 1. The minimum Gasteiger partial charge on any atom is -0.340 e. The zero-order valence-electron chi connectivity index (χ0n) is 15.2. The van der Waals surface area contributed by atoms with Gasteiger partial charge in [-0.25, -0.2) is 13.8 Å². The summed E-state index contributed by atoms with van der Waals surface area (Å²) in [5, 5.41) is 1.80. The number of hydrogen-bond donors (Lipinski definition) is 1. The molecule has 1 unspecified atom stereocenters. The molecule has 1 aliphatic rings. The summed E-state index contributed by atoms with van der Waals surface area (Å²) in [6, 6.07) is 3.30. The quantitative estimate of drug-likeness (QED) is 0.651. The Morgan fingerprint density at radius 1 is 1.20 bits per heavy atom. The van der Waals surface area contributed by atoms with Gasteiger partial charge in [0.05, 0.1) is 11.1 Å². The Balaban J connectivity index is 1.85. The van der Waals surface area contributed by atoms with E-state index in [0.29, 0.717) is 18.9 Å². The molecule has 0 spiro atoms. The van der Waals surface area contributed by atoms with Crippen molar-refractivity contribution in [2.75, 3.05) is 0 Å². The lowest BCUT2D eigenvalue weighted by atomic mass is 10.1. The van der Waals surface area contributed by atoms with Crippen LogP contribution in [0.3, 0.4) is 0 Å². The Bertz CT molecular complexity index is 1200. The van der Waals surface area contributed by atoms with Gasteiger partial charge in [-0.1, -0.05) is 0 Å². The number of halogens is 5. The molecule has 0 aliphatic heterocycles. The number of carbonyl (C=O) groups excluding carboxylic acids is 1. The lowest BCUT2D eigenvalue weighted by molar-refractivity contribution is -0.158. The molecular formula is C20H14F5N3O2. The van der Waals surface area contributed by atoms with Crippen molar-refractivity contribution in [3.8, 4) is 5.69 Å². The van der Waals surface area contributed by atoms with Crippen LogP contribution in [0.4, 0.5) is 22.0 Å². The number of pyridine rings is 2. The molecule has 10 heteroatoms. The molecule has 1 fully saturated rings. The highest BCUT2D eigenvalue weighted by Crippen LogP contribution is 2.40. The van der Waals surface area contributed by atoms with E-state index in [2.05, 4.69) is 4.98 Å². The van der Waals surface area contributed by atoms with E-state index >= 15 is 0 Å². The first kappa shape index (κ1) is 20.0. The van der Waals surface area contributed by atoms with E-state index in [-0.39, 0.29) is 16.7 Å². The predicted molar refractivity (Wildman–Crippen MR) is 97.3 cm³/mol. The first-order valence-corrected chi connectivity index (χ1v) is 9.00. The van der Waals surface area contributed by atoms with Crippen molar-refractivity contribution in [3.05, 3.63) is 70.1 Å². The molecule has 1 saturated carbocycles. The molecule has 156 valence electrons. The monoisotopic (exact) mass is 423 g/mol. The highest BCUT2D eigenvalue weighted by molar-refractivity contribution is 5.97. The van der Waals surface area contributed by atoms with Crippen LogP contribution in [0.2, 0.25) is 0 Å². The lowest BCUT2D eigenvalue weighted by Crippen LogP contribution is -2.48. The fourth-order valence-corrected chi connectivity index (χ4v) is 3.30. The van der Waals surface area contributed by atoms with Gasteiger partial charge >= 0.3 is 6.18 Å². The Morgan fingerprint density at radius 3 is 2.57 bits per heavy atom. The number of benzene rings is 1. The normalized spacial score (nSPS) is 15.2. The molecule has 0 bridgehead atoms. The van der Waals surface area contributed by atoms with E-state index in [1.807, 2.05) is 5.32 Å². The van der Waals surface area contributed by atoms with Gasteiger partial charge in [-0.05, 0) is 43.0 Å². The van der Waals surface area contributed by atoms with Gasteiger partial charge in [-0.2, -0.15) is 13.2 Å². The van der Waals surface area contributed by atoms with Gasteiger partial charge in [0.1, 0.15) is 28.9 Å². The summed E-state index contributed by atoms with van der Waals surface area (Å²) in [5.74, 6) is -3.81. The minimum atomic E-state index is -4.67. The molecule has 2 aromatic heterocycles. The minimum absolute atomic E-state index is 0.0286. The highest BCUT2D eigenvalue weighted by atomic mass is 19.4. The molecule has 0 saturated heterocycles. The highest BCUT2D eigenvalue weighted by Gasteiger charge is 2.49. The maximum atomic E-state index is 14.4. The van der Waals surface area contributed by atoms with E-state index in [1.54, 1.807) is 0 Å².